The van der Waals surface area contributed by atoms with Crippen LogP contribution in [0.2, 0.25) is 0 Å². The van der Waals surface area contributed by atoms with Crippen molar-refractivity contribution in [3.05, 3.63) is 59.9 Å². The SMILES string of the molecule is CC(C)(O)c1cc(-c2ncn(/C=C(/C(N)=O)c3cncnc3)n2)cc(C(F)(F)F)c1. The van der Waals surface area contributed by atoms with Crippen LogP contribution in [0.25, 0.3) is 23.2 Å². The average Bonchev–Trinajstić information content (AvgIpc) is 3.13. The van der Waals surface area contributed by atoms with Crippen molar-refractivity contribution in [2.24, 2.45) is 5.73 Å². The molecule has 0 fully saturated rings. The minimum atomic E-state index is -4.62. The average molecular weight is 418 g/mol. The maximum Gasteiger partial charge on any atom is 0.416 e. The van der Waals surface area contributed by atoms with Crippen molar-refractivity contribution < 1.29 is 23.1 Å². The standard InChI is InChI=1S/C19H17F3N6O2/c1-18(2,30)13-3-11(4-14(5-13)19(20,21)22)17-26-10-28(27-17)8-15(16(23)29)12-6-24-9-25-7-12/h3-10,30H,1-2H3,(H2,23,29)/b15-8+. The van der Waals surface area contributed by atoms with E-state index in [0.29, 0.717) is 5.56 Å². The maximum atomic E-state index is 13.3. The van der Waals surface area contributed by atoms with Crippen LogP contribution in [-0.4, -0.2) is 35.7 Å². The third-order valence-corrected chi connectivity index (χ3v) is 4.13. The minimum Gasteiger partial charge on any atom is -0.386 e. The van der Waals surface area contributed by atoms with Gasteiger partial charge in [0.2, 0.25) is 0 Å². The van der Waals surface area contributed by atoms with Gasteiger partial charge in [0.25, 0.3) is 5.91 Å². The number of rotatable bonds is 5. The predicted molar refractivity (Wildman–Crippen MR) is 101 cm³/mol. The molecule has 30 heavy (non-hydrogen) atoms. The van der Waals surface area contributed by atoms with Gasteiger partial charge in [0, 0.05) is 29.7 Å². The van der Waals surface area contributed by atoms with Crippen molar-refractivity contribution in [1.29, 1.82) is 0 Å². The second-order valence-electron chi connectivity index (χ2n) is 6.94. The number of benzene rings is 1. The number of carbonyl (C=O) groups excluding carboxylic acids is 1. The van der Waals surface area contributed by atoms with Gasteiger partial charge in [-0.25, -0.2) is 19.6 Å². The fraction of sp³-hybridized carbons (Fsp3) is 0.211. The summed E-state index contributed by atoms with van der Waals surface area (Å²) in [6.07, 6.45) is 1.90. The molecule has 0 saturated heterocycles. The Balaban J connectivity index is 2.06. The van der Waals surface area contributed by atoms with E-state index in [-0.39, 0.29) is 22.5 Å². The number of hydrogen-bond acceptors (Lipinski definition) is 6. The molecule has 0 radical (unpaired) electrons. The smallest absolute Gasteiger partial charge is 0.386 e. The Hall–Kier alpha value is -3.60. The lowest BCUT2D eigenvalue weighted by Crippen LogP contribution is -2.17. The van der Waals surface area contributed by atoms with Crippen LogP contribution in [0, 0.1) is 0 Å². The largest absolute Gasteiger partial charge is 0.416 e. The third kappa shape index (κ3) is 4.69. The van der Waals surface area contributed by atoms with E-state index in [1.807, 2.05) is 0 Å². The van der Waals surface area contributed by atoms with Gasteiger partial charge in [-0.3, -0.25) is 4.79 Å². The van der Waals surface area contributed by atoms with Crippen LogP contribution in [0.1, 0.15) is 30.5 Å². The highest BCUT2D eigenvalue weighted by Crippen LogP contribution is 2.35. The van der Waals surface area contributed by atoms with Crippen LogP contribution in [0.4, 0.5) is 13.2 Å². The molecule has 1 aromatic carbocycles. The number of primary amides is 1. The van der Waals surface area contributed by atoms with Gasteiger partial charge in [-0.15, -0.1) is 5.10 Å². The zero-order chi connectivity index (χ0) is 22.1. The summed E-state index contributed by atoms with van der Waals surface area (Å²) >= 11 is 0. The van der Waals surface area contributed by atoms with Crippen LogP contribution in [0.5, 0.6) is 0 Å². The lowest BCUT2D eigenvalue weighted by Gasteiger charge is -2.20. The number of nitrogens with two attached hydrogens (primary N) is 1. The molecule has 0 aliphatic carbocycles. The van der Waals surface area contributed by atoms with Crippen LogP contribution in [-0.2, 0) is 16.6 Å². The van der Waals surface area contributed by atoms with Gasteiger partial charge >= 0.3 is 6.18 Å². The van der Waals surface area contributed by atoms with Crippen LogP contribution >= 0.6 is 0 Å². The summed E-state index contributed by atoms with van der Waals surface area (Å²) in [6.45, 7) is 2.75. The van der Waals surface area contributed by atoms with Crippen molar-refractivity contribution in [2.75, 3.05) is 0 Å². The van der Waals surface area contributed by atoms with Crippen molar-refractivity contribution in [3.63, 3.8) is 0 Å². The molecule has 3 aromatic rings. The highest BCUT2D eigenvalue weighted by molar-refractivity contribution is 6.22. The van der Waals surface area contributed by atoms with Gasteiger partial charge in [-0.2, -0.15) is 13.2 Å². The highest BCUT2D eigenvalue weighted by atomic mass is 19.4. The number of amides is 1. The molecule has 0 saturated carbocycles. The third-order valence-electron chi connectivity index (χ3n) is 4.13. The van der Waals surface area contributed by atoms with E-state index in [2.05, 4.69) is 20.1 Å². The molecule has 3 rings (SSSR count). The van der Waals surface area contributed by atoms with E-state index in [0.717, 1.165) is 16.8 Å². The first-order valence-corrected chi connectivity index (χ1v) is 8.59. The van der Waals surface area contributed by atoms with E-state index < -0.39 is 23.2 Å². The predicted octanol–water partition coefficient (Wildman–Crippen LogP) is 2.46. The fourth-order valence-corrected chi connectivity index (χ4v) is 2.59. The first-order chi connectivity index (χ1) is 13.9. The van der Waals surface area contributed by atoms with Gasteiger partial charge in [0.15, 0.2) is 5.82 Å². The molecule has 2 aromatic heterocycles. The van der Waals surface area contributed by atoms with Crippen LogP contribution < -0.4 is 5.73 Å². The summed E-state index contributed by atoms with van der Waals surface area (Å²) < 4.78 is 41.1. The molecule has 3 N–H and O–H groups in total. The van der Waals surface area contributed by atoms with E-state index >= 15 is 0 Å². The van der Waals surface area contributed by atoms with E-state index in [1.165, 1.54) is 51.2 Å². The quantitative estimate of drug-likeness (QED) is 0.614. The Morgan fingerprint density at radius 1 is 1.13 bits per heavy atom. The summed E-state index contributed by atoms with van der Waals surface area (Å²) in [5.41, 5.74) is 3.42. The normalized spacial score (nSPS) is 12.8. The number of halogens is 3. The number of nitrogens with zero attached hydrogens (tertiary/aromatic N) is 5. The summed E-state index contributed by atoms with van der Waals surface area (Å²) in [6, 6.07) is 3.14. The molecule has 0 bridgehead atoms. The van der Waals surface area contributed by atoms with Crippen molar-refractivity contribution in [2.45, 2.75) is 25.6 Å². The lowest BCUT2D eigenvalue weighted by molar-refractivity contribution is -0.137. The minimum absolute atomic E-state index is 0.0315. The number of hydrogen-bond donors (Lipinski definition) is 2. The molecule has 0 unspecified atom stereocenters. The Labute approximate surface area is 168 Å². The van der Waals surface area contributed by atoms with E-state index in [1.54, 1.807) is 0 Å². The molecule has 0 spiro atoms. The van der Waals surface area contributed by atoms with Gasteiger partial charge in [-0.05, 0) is 37.6 Å². The second-order valence-corrected chi connectivity index (χ2v) is 6.94. The molecule has 0 aliphatic rings. The van der Waals surface area contributed by atoms with E-state index in [4.69, 9.17) is 5.73 Å². The van der Waals surface area contributed by atoms with Crippen molar-refractivity contribution in [1.82, 2.24) is 24.7 Å². The Bertz CT molecular complexity index is 1070. The number of aliphatic hydroxyl groups is 1. The highest BCUT2D eigenvalue weighted by Gasteiger charge is 2.33. The Morgan fingerprint density at radius 2 is 1.77 bits per heavy atom. The van der Waals surface area contributed by atoms with Crippen molar-refractivity contribution >= 4 is 17.7 Å². The Morgan fingerprint density at radius 3 is 2.33 bits per heavy atom. The lowest BCUT2D eigenvalue weighted by atomic mass is 9.94. The molecule has 11 heteroatoms. The van der Waals surface area contributed by atoms with Gasteiger partial charge in [0.05, 0.1) is 16.7 Å². The molecule has 1 amide bonds. The zero-order valence-corrected chi connectivity index (χ0v) is 15.9. The van der Waals surface area contributed by atoms with E-state index in [9.17, 15) is 23.1 Å². The molecule has 2 heterocycles. The molecular weight excluding hydrogens is 401 g/mol. The number of aromatic nitrogens is 5. The summed E-state index contributed by atoms with van der Waals surface area (Å²) in [5, 5.41) is 14.3. The summed E-state index contributed by atoms with van der Waals surface area (Å²) in [7, 11) is 0. The molecule has 0 aliphatic heterocycles. The first kappa shape index (κ1) is 21.1. The first-order valence-electron chi connectivity index (χ1n) is 8.59. The summed E-state index contributed by atoms with van der Waals surface area (Å²) in [4.78, 5) is 23.4. The molecule has 0 atom stereocenters. The summed E-state index contributed by atoms with van der Waals surface area (Å²) in [5.74, 6) is -0.804. The van der Waals surface area contributed by atoms with Crippen molar-refractivity contribution in [3.8, 4) is 11.4 Å². The van der Waals surface area contributed by atoms with Gasteiger partial charge in [0.1, 0.15) is 12.7 Å². The maximum absolute atomic E-state index is 13.3. The number of carbonyl (C=O) groups is 1. The fourth-order valence-electron chi connectivity index (χ4n) is 2.59. The molecule has 156 valence electrons. The van der Waals surface area contributed by atoms with Crippen LogP contribution in [0.3, 0.4) is 0 Å². The monoisotopic (exact) mass is 418 g/mol. The molecular formula is C19H17F3N6O2. The topological polar surface area (TPSA) is 120 Å². The second kappa shape index (κ2) is 7.67. The van der Waals surface area contributed by atoms with Gasteiger partial charge < -0.3 is 10.8 Å². The molecule has 8 nitrogen and oxygen atoms in total. The number of alkyl halides is 3. The Kier molecular flexibility index (Phi) is 5.40. The zero-order valence-electron chi connectivity index (χ0n) is 15.9. The van der Waals surface area contributed by atoms with Crippen LogP contribution in [0.15, 0.2) is 43.2 Å². The van der Waals surface area contributed by atoms with Gasteiger partial charge in [-0.1, -0.05) is 0 Å².